The van der Waals surface area contributed by atoms with Crippen LogP contribution in [0.4, 0.5) is 11.5 Å². The van der Waals surface area contributed by atoms with Gasteiger partial charge in [0.15, 0.2) is 0 Å². The quantitative estimate of drug-likeness (QED) is 0.604. The maximum atomic E-state index is 10.9. The van der Waals surface area contributed by atoms with E-state index in [0.717, 1.165) is 0 Å². The Morgan fingerprint density at radius 3 is 2.89 bits per heavy atom. The highest BCUT2D eigenvalue weighted by atomic mass is 16.6. The van der Waals surface area contributed by atoms with Crippen molar-refractivity contribution in [3.05, 3.63) is 27.9 Å². The molecule has 7 nitrogen and oxygen atoms in total. The van der Waals surface area contributed by atoms with Crippen molar-refractivity contribution in [3.63, 3.8) is 0 Å². The van der Waals surface area contributed by atoms with Gasteiger partial charge < -0.3 is 10.4 Å². The standard InChI is InChI=1S/C11H14N4O3/c1-3-11(2,16)7-14-10-9(15(17)18)8(6-12)4-5-13-10/h4-5,16H,3,7H2,1-2H3,(H,13,14). The molecule has 0 bridgehead atoms. The lowest BCUT2D eigenvalue weighted by Gasteiger charge is -2.21. The predicted octanol–water partition coefficient (Wildman–Crippen LogP) is 1.43. The van der Waals surface area contributed by atoms with Gasteiger partial charge in [-0.25, -0.2) is 4.98 Å². The van der Waals surface area contributed by atoms with E-state index in [4.69, 9.17) is 5.26 Å². The molecule has 96 valence electrons. The van der Waals surface area contributed by atoms with Gasteiger partial charge in [0.2, 0.25) is 5.82 Å². The molecule has 1 aromatic rings. The first-order valence-electron chi connectivity index (χ1n) is 5.41. The molecule has 0 aromatic carbocycles. The summed E-state index contributed by atoms with van der Waals surface area (Å²) in [5.74, 6) is -0.00669. The van der Waals surface area contributed by atoms with E-state index in [9.17, 15) is 15.2 Å². The summed E-state index contributed by atoms with van der Waals surface area (Å²) in [7, 11) is 0. The molecule has 0 aliphatic carbocycles. The summed E-state index contributed by atoms with van der Waals surface area (Å²) in [5, 5.41) is 32.2. The Balaban J connectivity index is 3.03. The highest BCUT2D eigenvalue weighted by molar-refractivity contribution is 5.64. The molecule has 0 saturated heterocycles. The second-order valence-corrected chi connectivity index (χ2v) is 4.13. The average molecular weight is 250 g/mol. The lowest BCUT2D eigenvalue weighted by molar-refractivity contribution is -0.384. The fourth-order valence-corrected chi connectivity index (χ4v) is 1.26. The maximum Gasteiger partial charge on any atom is 0.328 e. The Kier molecular flexibility index (Phi) is 4.18. The first kappa shape index (κ1) is 13.9. The first-order chi connectivity index (χ1) is 8.41. The molecule has 18 heavy (non-hydrogen) atoms. The summed E-state index contributed by atoms with van der Waals surface area (Å²) < 4.78 is 0. The molecule has 1 unspecified atom stereocenters. The summed E-state index contributed by atoms with van der Waals surface area (Å²) >= 11 is 0. The highest BCUT2D eigenvalue weighted by Gasteiger charge is 2.24. The Labute approximate surface area is 104 Å². The van der Waals surface area contributed by atoms with E-state index in [1.54, 1.807) is 19.9 Å². The second-order valence-electron chi connectivity index (χ2n) is 4.13. The maximum absolute atomic E-state index is 10.9. The molecule has 0 aliphatic heterocycles. The zero-order valence-electron chi connectivity index (χ0n) is 10.2. The van der Waals surface area contributed by atoms with Gasteiger partial charge in [-0.3, -0.25) is 10.1 Å². The predicted molar refractivity (Wildman–Crippen MR) is 65.0 cm³/mol. The molecule has 0 amide bonds. The highest BCUT2D eigenvalue weighted by Crippen LogP contribution is 2.26. The van der Waals surface area contributed by atoms with Crippen molar-refractivity contribution in [1.29, 1.82) is 5.26 Å². The minimum atomic E-state index is -0.988. The number of pyridine rings is 1. The van der Waals surface area contributed by atoms with Crippen LogP contribution in [0.15, 0.2) is 12.3 Å². The zero-order chi connectivity index (χ0) is 13.8. The van der Waals surface area contributed by atoms with Crippen molar-refractivity contribution in [2.24, 2.45) is 0 Å². The molecule has 1 heterocycles. The van der Waals surface area contributed by atoms with Gasteiger partial charge in [-0.2, -0.15) is 5.26 Å². The van der Waals surface area contributed by atoms with Crippen molar-refractivity contribution < 1.29 is 10.0 Å². The van der Waals surface area contributed by atoms with Gasteiger partial charge >= 0.3 is 5.69 Å². The van der Waals surface area contributed by atoms with Crippen LogP contribution in [-0.2, 0) is 0 Å². The Bertz CT molecular complexity index is 494. The van der Waals surface area contributed by atoms with Crippen LogP contribution >= 0.6 is 0 Å². The summed E-state index contributed by atoms with van der Waals surface area (Å²) in [6.07, 6.45) is 1.81. The molecule has 0 aliphatic rings. The first-order valence-corrected chi connectivity index (χ1v) is 5.41. The van der Waals surface area contributed by atoms with E-state index < -0.39 is 10.5 Å². The SMILES string of the molecule is CCC(C)(O)CNc1nccc(C#N)c1[N+](=O)[O-]. The van der Waals surface area contributed by atoms with Crippen LogP contribution in [0.3, 0.4) is 0 Å². The zero-order valence-corrected chi connectivity index (χ0v) is 10.2. The Morgan fingerprint density at radius 2 is 2.39 bits per heavy atom. The number of nitrogens with zero attached hydrogens (tertiary/aromatic N) is 3. The summed E-state index contributed by atoms with van der Waals surface area (Å²) in [4.78, 5) is 14.1. The third-order valence-electron chi connectivity index (χ3n) is 2.63. The van der Waals surface area contributed by atoms with E-state index in [2.05, 4.69) is 10.3 Å². The Hall–Kier alpha value is -2.20. The monoisotopic (exact) mass is 250 g/mol. The van der Waals surface area contributed by atoms with E-state index in [0.29, 0.717) is 6.42 Å². The average Bonchev–Trinajstić information content (AvgIpc) is 2.35. The van der Waals surface area contributed by atoms with Crippen LogP contribution in [0.25, 0.3) is 0 Å². The van der Waals surface area contributed by atoms with Crippen LogP contribution in [0.5, 0.6) is 0 Å². The summed E-state index contributed by atoms with van der Waals surface area (Å²) in [6.45, 7) is 3.53. The van der Waals surface area contributed by atoms with E-state index in [-0.39, 0.29) is 23.6 Å². The van der Waals surface area contributed by atoms with Gasteiger partial charge in [0.05, 0.1) is 10.5 Å². The van der Waals surface area contributed by atoms with Crippen molar-refractivity contribution in [3.8, 4) is 6.07 Å². The van der Waals surface area contributed by atoms with Gasteiger partial charge in [-0.1, -0.05) is 6.92 Å². The summed E-state index contributed by atoms with van der Waals surface area (Å²) in [5.41, 5.74) is -1.42. The number of hydrogen-bond donors (Lipinski definition) is 2. The number of nitriles is 1. The van der Waals surface area contributed by atoms with E-state index in [1.165, 1.54) is 12.3 Å². The largest absolute Gasteiger partial charge is 0.388 e. The number of anilines is 1. The van der Waals surface area contributed by atoms with Crippen molar-refractivity contribution in [1.82, 2.24) is 4.98 Å². The van der Waals surface area contributed by atoms with Crippen LogP contribution < -0.4 is 5.32 Å². The van der Waals surface area contributed by atoms with Crippen molar-refractivity contribution >= 4 is 11.5 Å². The molecule has 2 N–H and O–H groups in total. The number of nitrogens with one attached hydrogen (secondary N) is 1. The molecule has 0 saturated carbocycles. The smallest absolute Gasteiger partial charge is 0.328 e. The molecular formula is C11H14N4O3. The van der Waals surface area contributed by atoms with Crippen molar-refractivity contribution in [2.45, 2.75) is 25.9 Å². The minimum Gasteiger partial charge on any atom is -0.388 e. The topological polar surface area (TPSA) is 112 Å². The van der Waals surface area contributed by atoms with Crippen LogP contribution in [-0.4, -0.2) is 27.2 Å². The lowest BCUT2D eigenvalue weighted by Crippen LogP contribution is -2.32. The summed E-state index contributed by atoms with van der Waals surface area (Å²) in [6, 6.07) is 3.02. The number of hydrogen-bond acceptors (Lipinski definition) is 6. The van der Waals surface area contributed by atoms with Gasteiger partial charge in [-0.05, 0) is 19.4 Å². The number of nitro groups is 1. The van der Waals surface area contributed by atoms with Crippen LogP contribution in [0.2, 0.25) is 0 Å². The number of rotatable bonds is 5. The lowest BCUT2D eigenvalue weighted by atomic mass is 10.0. The second kappa shape index (κ2) is 5.42. The molecule has 1 atom stereocenters. The number of aromatic nitrogens is 1. The fraction of sp³-hybridized carbons (Fsp3) is 0.455. The molecule has 1 aromatic heterocycles. The minimum absolute atomic E-state index is 0.00669. The molecule has 0 fully saturated rings. The molecule has 0 radical (unpaired) electrons. The van der Waals surface area contributed by atoms with Crippen LogP contribution in [0, 0.1) is 21.4 Å². The third kappa shape index (κ3) is 3.15. The molecule has 1 rings (SSSR count). The fourth-order valence-electron chi connectivity index (χ4n) is 1.26. The van der Waals surface area contributed by atoms with Crippen LogP contribution in [0.1, 0.15) is 25.8 Å². The van der Waals surface area contributed by atoms with Gasteiger partial charge in [-0.15, -0.1) is 0 Å². The van der Waals surface area contributed by atoms with E-state index >= 15 is 0 Å². The third-order valence-corrected chi connectivity index (χ3v) is 2.63. The Morgan fingerprint density at radius 1 is 1.72 bits per heavy atom. The number of aliphatic hydroxyl groups is 1. The van der Waals surface area contributed by atoms with Gasteiger partial charge in [0.1, 0.15) is 11.6 Å². The molecule has 7 heteroatoms. The molecule has 0 spiro atoms. The van der Waals surface area contributed by atoms with Gasteiger partial charge in [0.25, 0.3) is 0 Å². The van der Waals surface area contributed by atoms with E-state index in [1.807, 2.05) is 0 Å². The normalized spacial score (nSPS) is 13.4. The van der Waals surface area contributed by atoms with Crippen molar-refractivity contribution in [2.75, 3.05) is 11.9 Å². The van der Waals surface area contributed by atoms with Gasteiger partial charge in [0, 0.05) is 12.7 Å². The molecular weight excluding hydrogens is 236 g/mol.